The van der Waals surface area contributed by atoms with E-state index in [0.29, 0.717) is 86.3 Å². The number of aliphatic carboxylic acids is 1. The van der Waals surface area contributed by atoms with Crippen LogP contribution in [-0.2, 0) is 29.2 Å². The monoisotopic (exact) mass is 686 g/mol. The minimum atomic E-state index is -0.773. The molecule has 2 aromatic heterocycles. The average molecular weight is 687 g/mol. The van der Waals surface area contributed by atoms with Gasteiger partial charge in [0, 0.05) is 37.3 Å². The number of hydrogen-bond acceptors (Lipinski definition) is 10. The molecule has 0 bridgehead atoms. The lowest BCUT2D eigenvalue weighted by Crippen LogP contribution is -2.37. The maximum absolute atomic E-state index is 12.9. The molecule has 260 valence electrons. The molecule has 2 N–H and O–H groups in total. The SMILES string of the molecule is Cc1c(-c2nc3c(o2)CN(C(=O)CN2CC[C@H](O)C2)C3)cccc1-c1cccc(-c2nc3cc(CN4CC[C@@H](C(=O)O)C4)cc(C#N)c3o2)c1C. The quantitative estimate of drug-likeness (QED) is 0.223. The summed E-state index contributed by atoms with van der Waals surface area (Å²) in [5.41, 5.74) is 8.72. The van der Waals surface area contributed by atoms with Crippen molar-refractivity contribution in [1.82, 2.24) is 24.7 Å². The first-order valence-electron chi connectivity index (χ1n) is 17.3. The van der Waals surface area contributed by atoms with Gasteiger partial charge in [0.05, 0.1) is 37.2 Å². The molecule has 5 heterocycles. The van der Waals surface area contributed by atoms with Crippen molar-refractivity contribution in [2.24, 2.45) is 5.92 Å². The molecule has 0 aliphatic carbocycles. The summed E-state index contributed by atoms with van der Waals surface area (Å²) in [7, 11) is 0. The fraction of sp³-hybridized carbons (Fsp3) is 0.359. The third-order valence-electron chi connectivity index (χ3n) is 10.5. The van der Waals surface area contributed by atoms with Crippen molar-refractivity contribution in [1.29, 1.82) is 5.26 Å². The third kappa shape index (κ3) is 6.18. The van der Waals surface area contributed by atoms with E-state index in [4.69, 9.17) is 18.8 Å². The van der Waals surface area contributed by atoms with Crippen LogP contribution in [0.1, 0.15) is 46.5 Å². The average Bonchev–Trinajstić information content (AvgIpc) is 3.94. The van der Waals surface area contributed by atoms with E-state index in [1.54, 1.807) is 11.0 Å². The van der Waals surface area contributed by atoms with Gasteiger partial charge in [0.2, 0.25) is 17.7 Å². The number of nitriles is 1. The lowest BCUT2D eigenvalue weighted by molar-refractivity contribution is -0.141. The van der Waals surface area contributed by atoms with Gasteiger partial charge in [-0.15, -0.1) is 0 Å². The molecule has 3 aromatic carbocycles. The summed E-state index contributed by atoms with van der Waals surface area (Å²) in [4.78, 5) is 39.9. The first kappa shape index (κ1) is 32.8. The van der Waals surface area contributed by atoms with Crippen molar-refractivity contribution >= 4 is 23.0 Å². The molecule has 0 saturated carbocycles. The minimum Gasteiger partial charge on any atom is -0.481 e. The van der Waals surface area contributed by atoms with Gasteiger partial charge in [-0.25, -0.2) is 9.97 Å². The Morgan fingerprint density at radius 2 is 1.59 bits per heavy atom. The van der Waals surface area contributed by atoms with Crippen LogP contribution in [0.2, 0.25) is 0 Å². The highest BCUT2D eigenvalue weighted by Gasteiger charge is 2.32. The van der Waals surface area contributed by atoms with Gasteiger partial charge >= 0.3 is 5.97 Å². The van der Waals surface area contributed by atoms with Crippen LogP contribution in [0.25, 0.3) is 45.1 Å². The lowest BCUT2D eigenvalue weighted by Gasteiger charge is -2.20. The Balaban J connectivity index is 1.04. The van der Waals surface area contributed by atoms with E-state index in [1.165, 1.54) is 0 Å². The molecule has 2 atom stereocenters. The van der Waals surface area contributed by atoms with Crippen LogP contribution in [0.3, 0.4) is 0 Å². The smallest absolute Gasteiger partial charge is 0.307 e. The molecular formula is C39H38N6O6. The molecule has 2 fully saturated rings. The molecule has 8 rings (SSSR count). The van der Waals surface area contributed by atoms with E-state index in [9.17, 15) is 25.1 Å². The molecule has 3 aliphatic heterocycles. The second-order valence-electron chi connectivity index (χ2n) is 14.0. The van der Waals surface area contributed by atoms with Gasteiger partial charge in [-0.1, -0.05) is 24.3 Å². The zero-order valence-corrected chi connectivity index (χ0v) is 28.6. The summed E-state index contributed by atoms with van der Waals surface area (Å²) in [6.45, 7) is 8.10. The molecular weight excluding hydrogens is 648 g/mol. The Morgan fingerprint density at radius 3 is 2.22 bits per heavy atom. The number of β-amino-alcohol motifs (C(OH)–C–C–N with tert-alkyl or cyclic N) is 1. The largest absolute Gasteiger partial charge is 0.481 e. The molecule has 51 heavy (non-hydrogen) atoms. The second-order valence-corrected chi connectivity index (χ2v) is 14.0. The second kappa shape index (κ2) is 13.1. The number of fused-ring (bicyclic) bond motifs is 2. The standard InChI is InChI=1S/C39H38N6O6/c1-22-28(5-3-7-30(22)37-42-33-19-45(20-34(33)50-37)35(47)21-44-12-10-27(46)18-44)29-6-4-8-31(23(29)2)38-41-32-14-24(13-26(15-40)36(32)51-38)16-43-11-9-25(17-43)39(48)49/h3-8,13-14,25,27,46H,9-12,16-21H2,1-2H3,(H,48,49)/t25-,27+/m1/s1. The number of carboxylic acid groups (broad SMARTS) is 1. The molecule has 1 amide bonds. The number of rotatable bonds is 8. The van der Waals surface area contributed by atoms with Gasteiger partial charge in [0.25, 0.3) is 0 Å². The maximum Gasteiger partial charge on any atom is 0.307 e. The van der Waals surface area contributed by atoms with Crippen LogP contribution in [-0.4, -0.2) is 85.6 Å². The number of aliphatic hydroxyl groups is 1. The number of aliphatic hydroxyl groups excluding tert-OH is 1. The van der Waals surface area contributed by atoms with Crippen molar-refractivity contribution in [2.75, 3.05) is 32.7 Å². The molecule has 5 aromatic rings. The van der Waals surface area contributed by atoms with Crippen molar-refractivity contribution < 1.29 is 28.6 Å². The fourth-order valence-electron chi connectivity index (χ4n) is 7.71. The molecule has 12 heteroatoms. The number of carbonyl (C=O) groups excluding carboxylic acids is 1. The summed E-state index contributed by atoms with van der Waals surface area (Å²) in [6.07, 6.45) is 0.945. The molecule has 0 unspecified atom stereocenters. The van der Waals surface area contributed by atoms with Crippen LogP contribution in [0.5, 0.6) is 0 Å². The Morgan fingerprint density at radius 1 is 0.902 bits per heavy atom. The Kier molecular flexibility index (Phi) is 8.42. The summed E-state index contributed by atoms with van der Waals surface area (Å²) < 4.78 is 12.5. The van der Waals surface area contributed by atoms with Crippen LogP contribution in [0.4, 0.5) is 0 Å². The minimum absolute atomic E-state index is 0.00775. The number of likely N-dealkylation sites (tertiary alicyclic amines) is 2. The summed E-state index contributed by atoms with van der Waals surface area (Å²) in [5.74, 6) is 0.502. The van der Waals surface area contributed by atoms with Crippen LogP contribution >= 0.6 is 0 Å². The number of carboxylic acids is 1. The zero-order chi connectivity index (χ0) is 35.4. The highest BCUT2D eigenvalue weighted by Crippen LogP contribution is 2.39. The van der Waals surface area contributed by atoms with E-state index in [1.807, 2.05) is 49.1 Å². The van der Waals surface area contributed by atoms with Crippen molar-refractivity contribution in [3.63, 3.8) is 0 Å². The van der Waals surface area contributed by atoms with Crippen molar-refractivity contribution in [2.45, 2.75) is 52.4 Å². The van der Waals surface area contributed by atoms with Gasteiger partial charge in [0.1, 0.15) is 23.0 Å². The van der Waals surface area contributed by atoms with E-state index in [2.05, 4.69) is 23.1 Å². The number of aromatic nitrogens is 2. The number of benzene rings is 3. The van der Waals surface area contributed by atoms with Crippen LogP contribution < -0.4 is 0 Å². The van der Waals surface area contributed by atoms with E-state index in [0.717, 1.165) is 51.2 Å². The third-order valence-corrected chi connectivity index (χ3v) is 10.5. The van der Waals surface area contributed by atoms with Crippen LogP contribution in [0, 0.1) is 31.1 Å². The number of nitrogens with zero attached hydrogens (tertiary/aromatic N) is 6. The Bertz CT molecular complexity index is 2210. The van der Waals surface area contributed by atoms with Gasteiger partial charge in [-0.2, -0.15) is 5.26 Å². The highest BCUT2D eigenvalue weighted by molar-refractivity contribution is 5.85. The normalized spacial score (nSPS) is 19.2. The predicted molar refractivity (Wildman–Crippen MR) is 187 cm³/mol. The topological polar surface area (TPSA) is 160 Å². The fourth-order valence-corrected chi connectivity index (χ4v) is 7.71. The first-order chi connectivity index (χ1) is 24.6. The number of carbonyl (C=O) groups is 2. The number of amides is 1. The summed E-state index contributed by atoms with van der Waals surface area (Å²) in [6, 6.07) is 18.0. The molecule has 2 saturated heterocycles. The molecule has 12 nitrogen and oxygen atoms in total. The molecule has 0 spiro atoms. The van der Waals surface area contributed by atoms with E-state index >= 15 is 0 Å². The highest BCUT2D eigenvalue weighted by atomic mass is 16.4. The van der Waals surface area contributed by atoms with E-state index < -0.39 is 5.97 Å². The van der Waals surface area contributed by atoms with Crippen molar-refractivity contribution in [3.8, 4) is 40.1 Å². The van der Waals surface area contributed by atoms with Gasteiger partial charge in [-0.05, 0) is 85.3 Å². The van der Waals surface area contributed by atoms with Gasteiger partial charge in [0.15, 0.2) is 5.58 Å². The zero-order valence-electron chi connectivity index (χ0n) is 28.6. The number of oxazole rings is 2. The molecule has 3 aliphatic rings. The van der Waals surface area contributed by atoms with Gasteiger partial charge < -0.3 is 23.9 Å². The Labute approximate surface area is 294 Å². The number of hydrogen-bond donors (Lipinski definition) is 2. The predicted octanol–water partition coefficient (Wildman–Crippen LogP) is 5.12. The van der Waals surface area contributed by atoms with Crippen LogP contribution in [0.15, 0.2) is 57.4 Å². The lowest BCUT2D eigenvalue weighted by atomic mass is 9.91. The maximum atomic E-state index is 12.9. The van der Waals surface area contributed by atoms with Crippen molar-refractivity contribution in [3.05, 3.63) is 82.2 Å². The summed E-state index contributed by atoms with van der Waals surface area (Å²) >= 11 is 0. The van der Waals surface area contributed by atoms with Gasteiger partial charge in [-0.3, -0.25) is 19.4 Å². The van der Waals surface area contributed by atoms with E-state index in [-0.39, 0.29) is 24.5 Å². The molecule has 0 radical (unpaired) electrons. The Hall–Kier alpha value is -5.35. The first-order valence-corrected chi connectivity index (χ1v) is 17.3. The summed E-state index contributed by atoms with van der Waals surface area (Å²) in [5, 5.41) is 29.2.